The van der Waals surface area contributed by atoms with Crippen molar-refractivity contribution in [1.29, 1.82) is 0 Å². The number of hydrogen-bond acceptors (Lipinski definition) is 6. The van der Waals surface area contributed by atoms with Crippen molar-refractivity contribution in [3.8, 4) is 11.3 Å². The number of hydrogen-bond donors (Lipinski definition) is 2. The minimum atomic E-state index is -1.14. The lowest BCUT2D eigenvalue weighted by Gasteiger charge is -2.01. The molecular weight excluding hydrogens is 346 g/mol. The molecule has 2 heterocycles. The summed E-state index contributed by atoms with van der Waals surface area (Å²) in [4.78, 5) is 11.6. The summed E-state index contributed by atoms with van der Waals surface area (Å²) < 4.78 is 10.4. The van der Waals surface area contributed by atoms with Gasteiger partial charge in [0.2, 0.25) is 0 Å². The van der Waals surface area contributed by atoms with Crippen molar-refractivity contribution in [2.75, 3.05) is 5.32 Å². The van der Waals surface area contributed by atoms with Crippen LogP contribution in [0.15, 0.2) is 39.4 Å². The molecule has 0 fully saturated rings. The molecule has 0 saturated carbocycles. The molecule has 0 spiro atoms. The number of nitrogens with zero attached hydrogens (tertiary/aromatic N) is 2. The van der Waals surface area contributed by atoms with Crippen LogP contribution in [0.5, 0.6) is 0 Å². The number of carboxylic acids is 1. The van der Waals surface area contributed by atoms with Gasteiger partial charge in [0, 0.05) is 22.6 Å². The monoisotopic (exact) mass is 361 g/mol. The molecule has 8 heteroatoms. The predicted molar refractivity (Wildman–Crippen MR) is 91.8 cm³/mol. The Morgan fingerprint density at radius 1 is 1.24 bits per heavy atom. The van der Waals surface area contributed by atoms with Crippen molar-refractivity contribution in [1.82, 2.24) is 10.3 Å². The van der Waals surface area contributed by atoms with Gasteiger partial charge in [0.25, 0.3) is 0 Å². The fourth-order valence-electron chi connectivity index (χ4n) is 2.27. The van der Waals surface area contributed by atoms with Crippen molar-refractivity contribution < 1.29 is 18.9 Å². The fourth-order valence-corrected chi connectivity index (χ4v) is 2.39. The summed E-state index contributed by atoms with van der Waals surface area (Å²) in [6.45, 7) is 4.26. The van der Waals surface area contributed by atoms with Gasteiger partial charge in [-0.1, -0.05) is 35.8 Å². The number of aromatic carboxylic acids is 1. The second-order valence-electron chi connectivity index (χ2n) is 5.78. The molecule has 1 aromatic carbocycles. The number of anilines is 1. The number of halogens is 1. The Labute approximate surface area is 148 Å². The van der Waals surface area contributed by atoms with Crippen molar-refractivity contribution in [2.45, 2.75) is 26.3 Å². The number of carboxylic acid groups (broad SMARTS) is 1. The van der Waals surface area contributed by atoms with E-state index in [1.165, 1.54) is 0 Å². The zero-order valence-corrected chi connectivity index (χ0v) is 14.4. The Morgan fingerprint density at radius 2 is 1.96 bits per heavy atom. The summed E-state index contributed by atoms with van der Waals surface area (Å²) in [6, 6.07) is 8.47. The van der Waals surface area contributed by atoms with Gasteiger partial charge in [-0.15, -0.1) is 0 Å². The van der Waals surface area contributed by atoms with E-state index in [0.29, 0.717) is 16.3 Å². The van der Waals surface area contributed by atoms with Gasteiger partial charge in [-0.25, -0.2) is 4.79 Å². The lowest BCUT2D eigenvalue weighted by molar-refractivity contribution is 0.0698. The van der Waals surface area contributed by atoms with Crippen LogP contribution in [0.4, 0.5) is 5.82 Å². The van der Waals surface area contributed by atoms with Gasteiger partial charge in [-0.2, -0.15) is 0 Å². The number of carbonyl (C=O) groups is 1. The van der Waals surface area contributed by atoms with Crippen LogP contribution in [0.1, 0.15) is 41.6 Å². The summed E-state index contributed by atoms with van der Waals surface area (Å²) in [7, 11) is 0. The molecule has 0 aliphatic rings. The first-order valence-corrected chi connectivity index (χ1v) is 8.01. The van der Waals surface area contributed by atoms with E-state index in [1.54, 1.807) is 24.3 Å². The van der Waals surface area contributed by atoms with Crippen LogP contribution in [0.2, 0.25) is 5.02 Å². The third-order valence-electron chi connectivity index (χ3n) is 3.60. The second kappa shape index (κ2) is 6.98. The SMILES string of the molecule is CC(C)c1cc(CNc2noc(-c3ccc(Cl)cc3)c2C(=O)O)no1. The van der Waals surface area contributed by atoms with Gasteiger partial charge in [0.15, 0.2) is 17.1 Å². The third kappa shape index (κ3) is 3.66. The quantitative estimate of drug-likeness (QED) is 0.670. The van der Waals surface area contributed by atoms with E-state index in [9.17, 15) is 9.90 Å². The molecule has 130 valence electrons. The molecule has 0 amide bonds. The van der Waals surface area contributed by atoms with E-state index in [2.05, 4.69) is 15.6 Å². The van der Waals surface area contributed by atoms with Crippen LogP contribution in [-0.2, 0) is 6.54 Å². The molecule has 0 unspecified atom stereocenters. The molecule has 2 aromatic heterocycles. The molecule has 3 aromatic rings. The largest absolute Gasteiger partial charge is 0.477 e. The predicted octanol–water partition coefficient (Wildman–Crippen LogP) is 4.42. The van der Waals surface area contributed by atoms with Crippen LogP contribution < -0.4 is 5.32 Å². The standard InChI is InChI=1S/C17H16ClN3O4/c1-9(2)13-7-12(20-24-13)8-19-16-14(17(22)23)15(25-21-16)10-3-5-11(18)6-4-10/h3-7,9H,8H2,1-2H3,(H,19,21)(H,22,23). The number of aromatic nitrogens is 2. The Morgan fingerprint density at radius 3 is 2.56 bits per heavy atom. The van der Waals surface area contributed by atoms with E-state index < -0.39 is 5.97 Å². The molecule has 7 nitrogen and oxygen atoms in total. The van der Waals surface area contributed by atoms with Crippen molar-refractivity contribution in [2.24, 2.45) is 0 Å². The van der Waals surface area contributed by atoms with Gasteiger partial charge >= 0.3 is 5.97 Å². The van der Waals surface area contributed by atoms with E-state index in [1.807, 2.05) is 19.9 Å². The molecule has 0 aliphatic heterocycles. The highest BCUT2D eigenvalue weighted by atomic mass is 35.5. The molecule has 0 bridgehead atoms. The summed E-state index contributed by atoms with van der Waals surface area (Å²) >= 11 is 5.86. The minimum absolute atomic E-state index is 0.0464. The molecular formula is C17H16ClN3O4. The molecule has 0 aliphatic carbocycles. The third-order valence-corrected chi connectivity index (χ3v) is 3.85. The fraction of sp³-hybridized carbons (Fsp3) is 0.235. The summed E-state index contributed by atoms with van der Waals surface area (Å²) in [5.74, 6) is 0.134. The van der Waals surface area contributed by atoms with Gasteiger partial charge in [0.1, 0.15) is 11.5 Å². The Kier molecular flexibility index (Phi) is 4.76. The first-order valence-electron chi connectivity index (χ1n) is 7.64. The maximum absolute atomic E-state index is 11.6. The molecule has 25 heavy (non-hydrogen) atoms. The first-order chi connectivity index (χ1) is 12.0. The molecule has 0 atom stereocenters. The van der Waals surface area contributed by atoms with E-state index in [-0.39, 0.29) is 29.6 Å². The normalized spacial score (nSPS) is 11.0. The van der Waals surface area contributed by atoms with Gasteiger partial charge < -0.3 is 19.5 Å². The van der Waals surface area contributed by atoms with Crippen molar-refractivity contribution >= 4 is 23.4 Å². The zero-order chi connectivity index (χ0) is 18.0. The highest BCUT2D eigenvalue weighted by Gasteiger charge is 2.24. The van der Waals surface area contributed by atoms with Gasteiger partial charge in [0.05, 0.1) is 6.54 Å². The minimum Gasteiger partial charge on any atom is -0.477 e. The summed E-state index contributed by atoms with van der Waals surface area (Å²) in [6.07, 6.45) is 0. The average Bonchev–Trinajstić information content (AvgIpc) is 3.20. The lowest BCUT2D eigenvalue weighted by atomic mass is 10.1. The van der Waals surface area contributed by atoms with Gasteiger partial charge in [-0.05, 0) is 24.3 Å². The number of rotatable bonds is 6. The van der Waals surface area contributed by atoms with Crippen LogP contribution in [0, 0.1) is 0 Å². The summed E-state index contributed by atoms with van der Waals surface area (Å²) in [5, 5.41) is 20.8. The average molecular weight is 362 g/mol. The lowest BCUT2D eigenvalue weighted by Crippen LogP contribution is -2.06. The molecule has 3 rings (SSSR count). The Hall–Kier alpha value is -2.80. The maximum Gasteiger partial charge on any atom is 0.343 e. The maximum atomic E-state index is 11.6. The smallest absolute Gasteiger partial charge is 0.343 e. The van der Waals surface area contributed by atoms with E-state index in [4.69, 9.17) is 20.6 Å². The Balaban J connectivity index is 1.84. The molecule has 2 N–H and O–H groups in total. The molecule has 0 saturated heterocycles. The second-order valence-corrected chi connectivity index (χ2v) is 6.21. The zero-order valence-electron chi connectivity index (χ0n) is 13.6. The van der Waals surface area contributed by atoms with E-state index in [0.717, 1.165) is 5.76 Å². The van der Waals surface area contributed by atoms with Crippen LogP contribution in [0.3, 0.4) is 0 Å². The topological polar surface area (TPSA) is 101 Å². The molecule has 0 radical (unpaired) electrons. The van der Waals surface area contributed by atoms with Crippen LogP contribution in [-0.4, -0.2) is 21.4 Å². The highest BCUT2D eigenvalue weighted by molar-refractivity contribution is 6.30. The first kappa shape index (κ1) is 17.0. The van der Waals surface area contributed by atoms with Crippen molar-refractivity contribution in [3.05, 3.63) is 52.4 Å². The van der Waals surface area contributed by atoms with Gasteiger partial charge in [-0.3, -0.25) is 0 Å². The van der Waals surface area contributed by atoms with Crippen molar-refractivity contribution in [3.63, 3.8) is 0 Å². The van der Waals surface area contributed by atoms with Crippen LogP contribution >= 0.6 is 11.6 Å². The summed E-state index contributed by atoms with van der Waals surface area (Å²) in [5.41, 5.74) is 1.18. The highest BCUT2D eigenvalue weighted by Crippen LogP contribution is 2.30. The van der Waals surface area contributed by atoms with Crippen LogP contribution in [0.25, 0.3) is 11.3 Å². The number of benzene rings is 1. The number of nitrogens with one attached hydrogen (secondary N) is 1. The van der Waals surface area contributed by atoms with E-state index >= 15 is 0 Å². The Bertz CT molecular complexity index is 884.